The van der Waals surface area contributed by atoms with Crippen molar-refractivity contribution in [3.8, 4) is 0 Å². The molecule has 4 heteroatoms. The average molecular weight is 253 g/mol. The van der Waals surface area contributed by atoms with Crippen molar-refractivity contribution in [2.24, 2.45) is 5.84 Å². The SMILES string of the molecule is NN(c1ccccc1)c1cccc(Cl)c1Cl. The van der Waals surface area contributed by atoms with E-state index in [9.17, 15) is 0 Å². The minimum absolute atomic E-state index is 0.454. The maximum Gasteiger partial charge on any atom is 0.0843 e. The molecule has 0 aliphatic heterocycles. The Hall–Kier alpha value is -1.22. The van der Waals surface area contributed by atoms with Gasteiger partial charge in [-0.05, 0) is 24.3 Å². The van der Waals surface area contributed by atoms with E-state index in [2.05, 4.69) is 0 Å². The van der Waals surface area contributed by atoms with E-state index in [0.29, 0.717) is 15.7 Å². The maximum atomic E-state index is 6.08. The third-order valence-electron chi connectivity index (χ3n) is 2.23. The summed E-state index contributed by atoms with van der Waals surface area (Å²) in [6.45, 7) is 0. The summed E-state index contributed by atoms with van der Waals surface area (Å²) in [5, 5.41) is 2.45. The summed E-state index contributed by atoms with van der Waals surface area (Å²) in [5.74, 6) is 5.98. The number of anilines is 2. The average Bonchev–Trinajstić information content (AvgIpc) is 2.33. The molecular weight excluding hydrogens is 243 g/mol. The van der Waals surface area contributed by atoms with Crippen molar-refractivity contribution in [2.75, 3.05) is 5.01 Å². The lowest BCUT2D eigenvalue weighted by atomic mass is 10.2. The summed E-state index contributed by atoms with van der Waals surface area (Å²) in [5.41, 5.74) is 1.53. The Kier molecular flexibility index (Phi) is 3.34. The first-order valence-corrected chi connectivity index (χ1v) is 5.49. The van der Waals surface area contributed by atoms with Crippen molar-refractivity contribution in [1.29, 1.82) is 0 Å². The predicted molar refractivity (Wildman–Crippen MR) is 69.2 cm³/mol. The maximum absolute atomic E-state index is 6.08. The normalized spacial score (nSPS) is 10.2. The Bertz CT molecular complexity index is 486. The van der Waals surface area contributed by atoms with Gasteiger partial charge in [-0.15, -0.1) is 0 Å². The molecule has 2 aromatic rings. The van der Waals surface area contributed by atoms with Crippen molar-refractivity contribution < 1.29 is 0 Å². The van der Waals surface area contributed by atoms with Gasteiger partial charge in [0, 0.05) is 0 Å². The molecule has 0 aliphatic rings. The molecule has 0 aromatic heterocycles. The van der Waals surface area contributed by atoms with Gasteiger partial charge in [0.25, 0.3) is 0 Å². The molecule has 0 radical (unpaired) electrons. The minimum Gasteiger partial charge on any atom is -0.278 e. The van der Waals surface area contributed by atoms with Crippen LogP contribution in [0.15, 0.2) is 48.5 Å². The fraction of sp³-hybridized carbons (Fsp3) is 0. The van der Waals surface area contributed by atoms with Gasteiger partial charge in [-0.1, -0.05) is 47.5 Å². The Morgan fingerprint density at radius 3 is 2.25 bits per heavy atom. The van der Waals surface area contributed by atoms with Gasteiger partial charge in [-0.3, -0.25) is 5.01 Å². The molecule has 0 aliphatic carbocycles. The second kappa shape index (κ2) is 4.74. The van der Waals surface area contributed by atoms with E-state index in [-0.39, 0.29) is 0 Å². The minimum atomic E-state index is 0.454. The fourth-order valence-corrected chi connectivity index (χ4v) is 1.79. The lowest BCUT2D eigenvalue weighted by Gasteiger charge is -2.20. The summed E-state index contributed by atoms with van der Waals surface area (Å²) < 4.78 is 0. The lowest BCUT2D eigenvalue weighted by molar-refractivity contribution is 1.09. The van der Waals surface area contributed by atoms with Crippen LogP contribution in [0.5, 0.6) is 0 Å². The van der Waals surface area contributed by atoms with Crippen molar-refractivity contribution >= 4 is 34.6 Å². The van der Waals surface area contributed by atoms with Gasteiger partial charge in [0.15, 0.2) is 0 Å². The first-order valence-electron chi connectivity index (χ1n) is 4.74. The van der Waals surface area contributed by atoms with Crippen LogP contribution in [-0.2, 0) is 0 Å². The standard InChI is InChI=1S/C12H10Cl2N2/c13-10-7-4-8-11(12(10)14)16(15)9-5-2-1-3-6-9/h1-8H,15H2. The van der Waals surface area contributed by atoms with Crippen LogP contribution in [-0.4, -0.2) is 0 Å². The van der Waals surface area contributed by atoms with Crippen LogP contribution in [0.2, 0.25) is 10.0 Å². The number of halogens is 2. The number of para-hydroxylation sites is 1. The van der Waals surface area contributed by atoms with Gasteiger partial charge in [-0.2, -0.15) is 0 Å². The third-order valence-corrected chi connectivity index (χ3v) is 3.03. The number of rotatable bonds is 2. The first kappa shape index (κ1) is 11.3. The highest BCUT2D eigenvalue weighted by Gasteiger charge is 2.10. The fourth-order valence-electron chi connectivity index (χ4n) is 1.41. The Balaban J connectivity index is 2.42. The summed E-state index contributed by atoms with van der Waals surface area (Å²) >= 11 is 12.0. The van der Waals surface area contributed by atoms with Crippen molar-refractivity contribution in [1.82, 2.24) is 0 Å². The van der Waals surface area contributed by atoms with Crippen molar-refractivity contribution in [3.63, 3.8) is 0 Å². The molecular formula is C12H10Cl2N2. The molecule has 0 amide bonds. The second-order valence-corrected chi connectivity index (χ2v) is 4.06. The van der Waals surface area contributed by atoms with Gasteiger partial charge in [-0.25, -0.2) is 5.84 Å². The van der Waals surface area contributed by atoms with Gasteiger partial charge >= 0.3 is 0 Å². The topological polar surface area (TPSA) is 29.3 Å². The lowest BCUT2D eigenvalue weighted by Crippen LogP contribution is -2.25. The Labute approximate surface area is 104 Å². The van der Waals surface area contributed by atoms with Crippen LogP contribution in [0, 0.1) is 0 Å². The molecule has 82 valence electrons. The molecule has 0 fully saturated rings. The third kappa shape index (κ3) is 2.14. The number of benzene rings is 2. The zero-order chi connectivity index (χ0) is 11.5. The van der Waals surface area contributed by atoms with Crippen LogP contribution < -0.4 is 10.9 Å². The molecule has 0 bridgehead atoms. The Morgan fingerprint density at radius 2 is 1.56 bits per heavy atom. The van der Waals surface area contributed by atoms with Crippen LogP contribution >= 0.6 is 23.2 Å². The number of hydrazine groups is 1. The van der Waals surface area contributed by atoms with Crippen LogP contribution in [0.3, 0.4) is 0 Å². The smallest absolute Gasteiger partial charge is 0.0843 e. The molecule has 2 aromatic carbocycles. The summed E-state index contributed by atoms with van der Waals surface area (Å²) in [6.07, 6.45) is 0. The predicted octanol–water partition coefficient (Wildman–Crippen LogP) is 4.01. The van der Waals surface area contributed by atoms with E-state index in [1.165, 1.54) is 5.01 Å². The van der Waals surface area contributed by atoms with E-state index in [0.717, 1.165) is 5.69 Å². The molecule has 2 nitrogen and oxygen atoms in total. The zero-order valence-electron chi connectivity index (χ0n) is 8.40. The van der Waals surface area contributed by atoms with E-state index in [1.54, 1.807) is 6.07 Å². The first-order chi connectivity index (χ1) is 7.70. The summed E-state index contributed by atoms with van der Waals surface area (Å²) in [4.78, 5) is 0. The quantitative estimate of drug-likeness (QED) is 0.647. The van der Waals surface area contributed by atoms with Gasteiger partial charge in [0.05, 0.1) is 21.4 Å². The summed E-state index contributed by atoms with van der Waals surface area (Å²) in [6, 6.07) is 14.9. The highest BCUT2D eigenvalue weighted by Crippen LogP contribution is 2.34. The molecule has 0 unspecified atom stereocenters. The largest absolute Gasteiger partial charge is 0.278 e. The van der Waals surface area contributed by atoms with E-state index in [1.807, 2.05) is 42.5 Å². The van der Waals surface area contributed by atoms with E-state index in [4.69, 9.17) is 29.0 Å². The van der Waals surface area contributed by atoms with Crippen LogP contribution in [0.25, 0.3) is 0 Å². The number of hydrogen-bond donors (Lipinski definition) is 1. The molecule has 2 rings (SSSR count). The number of hydrogen-bond acceptors (Lipinski definition) is 2. The highest BCUT2D eigenvalue weighted by molar-refractivity contribution is 6.43. The molecule has 0 saturated heterocycles. The zero-order valence-corrected chi connectivity index (χ0v) is 9.91. The molecule has 2 N–H and O–H groups in total. The number of nitrogens with zero attached hydrogens (tertiary/aromatic N) is 1. The second-order valence-electron chi connectivity index (χ2n) is 3.28. The number of nitrogens with two attached hydrogens (primary N) is 1. The summed E-state index contributed by atoms with van der Waals surface area (Å²) in [7, 11) is 0. The van der Waals surface area contributed by atoms with Crippen molar-refractivity contribution in [3.05, 3.63) is 58.6 Å². The van der Waals surface area contributed by atoms with Gasteiger partial charge < -0.3 is 0 Å². The highest BCUT2D eigenvalue weighted by atomic mass is 35.5. The van der Waals surface area contributed by atoms with Crippen LogP contribution in [0.4, 0.5) is 11.4 Å². The van der Waals surface area contributed by atoms with Crippen molar-refractivity contribution in [2.45, 2.75) is 0 Å². The molecule has 0 atom stereocenters. The van der Waals surface area contributed by atoms with Gasteiger partial charge in [0.1, 0.15) is 0 Å². The molecule has 16 heavy (non-hydrogen) atoms. The molecule has 0 spiro atoms. The molecule has 0 heterocycles. The van der Waals surface area contributed by atoms with Gasteiger partial charge in [0.2, 0.25) is 0 Å². The monoisotopic (exact) mass is 252 g/mol. The van der Waals surface area contributed by atoms with E-state index < -0.39 is 0 Å². The Morgan fingerprint density at radius 1 is 0.875 bits per heavy atom. The van der Waals surface area contributed by atoms with Crippen LogP contribution in [0.1, 0.15) is 0 Å². The van der Waals surface area contributed by atoms with E-state index >= 15 is 0 Å². The molecule has 0 saturated carbocycles.